The second-order valence-electron chi connectivity index (χ2n) is 7.88. The number of para-hydroxylation sites is 1. The molecule has 0 radical (unpaired) electrons. The fourth-order valence-corrected chi connectivity index (χ4v) is 3.79. The molecule has 0 bridgehead atoms. The normalized spacial score (nSPS) is 10.8. The van der Waals surface area contributed by atoms with Crippen LogP contribution < -0.4 is 16.1 Å². The summed E-state index contributed by atoms with van der Waals surface area (Å²) in [6, 6.07) is 20.6. The Morgan fingerprint density at radius 3 is 2.36 bits per heavy atom. The van der Waals surface area contributed by atoms with E-state index in [1.807, 2.05) is 24.3 Å². The van der Waals surface area contributed by atoms with E-state index in [1.54, 1.807) is 53.4 Å². The van der Waals surface area contributed by atoms with E-state index >= 15 is 0 Å². The number of pyridine rings is 2. The number of fused-ring (bicyclic) bond motifs is 1. The quantitative estimate of drug-likeness (QED) is 0.366. The summed E-state index contributed by atoms with van der Waals surface area (Å²) in [5.74, 6) is -0.381. The van der Waals surface area contributed by atoms with Gasteiger partial charge in [-0.25, -0.2) is 4.98 Å². The summed E-state index contributed by atoms with van der Waals surface area (Å²) in [5.41, 5.74) is 2.20. The van der Waals surface area contributed by atoms with Gasteiger partial charge in [-0.2, -0.15) is 5.10 Å². The number of amides is 2. The van der Waals surface area contributed by atoms with Gasteiger partial charge >= 0.3 is 0 Å². The number of nitrogens with one attached hydrogen (secondary N) is 2. The standard InChI is InChI=1S/C26H19ClN6O3/c27-17-5-10-23(28-15-17)30-24(35)16-33-22-4-2-1-3-21(22)25(31-33)26(36)29-18-6-8-19(9-7-18)32-13-11-20(34)12-14-32/h1-15H,16H2,(H,29,36)(H,28,30,35). The Kier molecular flexibility index (Phi) is 6.29. The molecule has 2 aromatic carbocycles. The van der Waals surface area contributed by atoms with Gasteiger partial charge in [-0.15, -0.1) is 0 Å². The molecule has 0 aliphatic heterocycles. The molecule has 0 aliphatic rings. The highest BCUT2D eigenvalue weighted by atomic mass is 35.5. The van der Waals surface area contributed by atoms with Gasteiger partial charge in [-0.3, -0.25) is 19.1 Å². The summed E-state index contributed by atoms with van der Waals surface area (Å²) in [6.07, 6.45) is 4.79. The van der Waals surface area contributed by atoms with E-state index in [1.165, 1.54) is 23.0 Å². The maximum absolute atomic E-state index is 13.1. The zero-order valence-electron chi connectivity index (χ0n) is 18.8. The second kappa shape index (κ2) is 9.85. The molecule has 0 saturated carbocycles. The summed E-state index contributed by atoms with van der Waals surface area (Å²) < 4.78 is 3.28. The number of benzene rings is 2. The van der Waals surface area contributed by atoms with Gasteiger partial charge < -0.3 is 15.2 Å². The summed E-state index contributed by atoms with van der Waals surface area (Å²) >= 11 is 5.84. The van der Waals surface area contributed by atoms with Crippen LogP contribution in [0.15, 0.2) is 96.2 Å². The Morgan fingerprint density at radius 2 is 1.64 bits per heavy atom. The number of hydrogen-bond acceptors (Lipinski definition) is 5. The van der Waals surface area contributed by atoms with Gasteiger partial charge in [0.1, 0.15) is 12.4 Å². The molecule has 178 valence electrons. The Bertz CT molecular complexity index is 1600. The summed E-state index contributed by atoms with van der Waals surface area (Å²) in [7, 11) is 0. The van der Waals surface area contributed by atoms with Crippen LogP contribution >= 0.6 is 11.6 Å². The molecule has 3 heterocycles. The molecule has 0 unspecified atom stereocenters. The van der Waals surface area contributed by atoms with Crippen molar-refractivity contribution in [3.05, 3.63) is 112 Å². The third-order valence-corrected chi connectivity index (χ3v) is 5.61. The Balaban J connectivity index is 1.34. The number of nitrogens with zero attached hydrogens (tertiary/aromatic N) is 4. The minimum Gasteiger partial charge on any atom is -0.324 e. The van der Waals surface area contributed by atoms with Crippen molar-refractivity contribution in [2.45, 2.75) is 6.54 Å². The molecule has 0 atom stereocenters. The average molecular weight is 499 g/mol. The van der Waals surface area contributed by atoms with Crippen LogP contribution in [0.25, 0.3) is 16.6 Å². The van der Waals surface area contributed by atoms with E-state index in [9.17, 15) is 14.4 Å². The van der Waals surface area contributed by atoms with Gasteiger partial charge in [-0.1, -0.05) is 29.8 Å². The molecule has 10 heteroatoms. The van der Waals surface area contributed by atoms with Crippen LogP contribution in [-0.4, -0.2) is 31.1 Å². The molecule has 2 amide bonds. The monoisotopic (exact) mass is 498 g/mol. The smallest absolute Gasteiger partial charge is 0.276 e. The predicted octanol–water partition coefficient (Wildman–Crippen LogP) is 4.13. The van der Waals surface area contributed by atoms with Crippen molar-refractivity contribution in [2.75, 3.05) is 10.6 Å². The van der Waals surface area contributed by atoms with Crippen LogP contribution in [0.3, 0.4) is 0 Å². The molecule has 3 aromatic heterocycles. The van der Waals surface area contributed by atoms with Crippen LogP contribution in [0.5, 0.6) is 0 Å². The molecule has 2 N–H and O–H groups in total. The van der Waals surface area contributed by atoms with Crippen LogP contribution in [0.2, 0.25) is 5.02 Å². The molecule has 5 aromatic rings. The van der Waals surface area contributed by atoms with Gasteiger partial charge in [-0.05, 0) is 42.5 Å². The molecule has 0 fully saturated rings. The average Bonchev–Trinajstić information content (AvgIpc) is 3.25. The molecule has 0 spiro atoms. The maximum Gasteiger partial charge on any atom is 0.276 e. The van der Waals surface area contributed by atoms with Gasteiger partial charge in [0.2, 0.25) is 5.91 Å². The molecule has 0 aliphatic carbocycles. The third kappa shape index (κ3) is 5.01. The first-order chi connectivity index (χ1) is 17.5. The van der Waals surface area contributed by atoms with Crippen molar-refractivity contribution >= 4 is 45.8 Å². The minimum atomic E-state index is -0.402. The van der Waals surface area contributed by atoms with Crippen LogP contribution in [0.1, 0.15) is 10.5 Å². The molecule has 5 rings (SSSR count). The zero-order chi connectivity index (χ0) is 25.1. The Labute approximate surface area is 210 Å². The highest BCUT2D eigenvalue weighted by molar-refractivity contribution is 6.30. The van der Waals surface area contributed by atoms with Gasteiger partial charge in [0.25, 0.3) is 5.91 Å². The van der Waals surface area contributed by atoms with Crippen molar-refractivity contribution in [3.63, 3.8) is 0 Å². The first kappa shape index (κ1) is 23.0. The number of hydrogen-bond donors (Lipinski definition) is 2. The number of anilines is 2. The lowest BCUT2D eigenvalue weighted by Crippen LogP contribution is -2.20. The molecule has 0 saturated heterocycles. The largest absolute Gasteiger partial charge is 0.324 e. The van der Waals surface area contributed by atoms with Crippen molar-refractivity contribution in [1.29, 1.82) is 0 Å². The summed E-state index contributed by atoms with van der Waals surface area (Å²) in [4.78, 5) is 41.0. The SMILES string of the molecule is O=C(Cn1nc(C(=O)Nc2ccc(-n3ccc(=O)cc3)cc2)c2ccccc21)Nc1ccc(Cl)cn1. The van der Waals surface area contributed by atoms with E-state index < -0.39 is 5.91 Å². The number of carbonyl (C=O) groups excluding carboxylic acids is 2. The van der Waals surface area contributed by atoms with Crippen LogP contribution in [0.4, 0.5) is 11.5 Å². The number of halogens is 1. The fraction of sp³-hybridized carbons (Fsp3) is 0.0385. The van der Waals surface area contributed by atoms with Crippen LogP contribution in [-0.2, 0) is 11.3 Å². The highest BCUT2D eigenvalue weighted by Crippen LogP contribution is 2.21. The highest BCUT2D eigenvalue weighted by Gasteiger charge is 2.19. The van der Waals surface area contributed by atoms with E-state index in [0.717, 1.165) is 5.69 Å². The van der Waals surface area contributed by atoms with E-state index in [2.05, 4.69) is 20.7 Å². The van der Waals surface area contributed by atoms with E-state index in [-0.39, 0.29) is 23.6 Å². The van der Waals surface area contributed by atoms with Gasteiger partial charge in [0.05, 0.1) is 10.5 Å². The third-order valence-electron chi connectivity index (χ3n) is 5.38. The lowest BCUT2D eigenvalue weighted by Gasteiger charge is -2.08. The summed E-state index contributed by atoms with van der Waals surface area (Å²) in [6.45, 7) is -0.105. The lowest BCUT2D eigenvalue weighted by atomic mass is 10.2. The molecular weight excluding hydrogens is 480 g/mol. The fourth-order valence-electron chi connectivity index (χ4n) is 3.68. The zero-order valence-corrected chi connectivity index (χ0v) is 19.5. The van der Waals surface area contributed by atoms with Gasteiger partial charge in [0, 0.05) is 47.5 Å². The lowest BCUT2D eigenvalue weighted by molar-refractivity contribution is -0.116. The second-order valence-corrected chi connectivity index (χ2v) is 8.31. The molecule has 9 nitrogen and oxygen atoms in total. The number of aromatic nitrogens is 4. The van der Waals surface area contributed by atoms with Crippen molar-refractivity contribution in [2.24, 2.45) is 0 Å². The maximum atomic E-state index is 13.1. The Morgan fingerprint density at radius 1 is 0.889 bits per heavy atom. The molecular formula is C26H19ClN6O3. The number of carbonyl (C=O) groups is 2. The Hall–Kier alpha value is -4.76. The van der Waals surface area contributed by atoms with Crippen molar-refractivity contribution in [3.8, 4) is 5.69 Å². The van der Waals surface area contributed by atoms with E-state index in [0.29, 0.717) is 27.4 Å². The van der Waals surface area contributed by atoms with Gasteiger partial charge in [0.15, 0.2) is 11.1 Å². The number of rotatable bonds is 6. The molecule has 36 heavy (non-hydrogen) atoms. The minimum absolute atomic E-state index is 0.0686. The van der Waals surface area contributed by atoms with Crippen LogP contribution in [0, 0.1) is 0 Å². The van der Waals surface area contributed by atoms with Crippen molar-refractivity contribution in [1.82, 2.24) is 19.3 Å². The predicted molar refractivity (Wildman–Crippen MR) is 138 cm³/mol. The topological polar surface area (TPSA) is 111 Å². The van der Waals surface area contributed by atoms with E-state index in [4.69, 9.17) is 11.6 Å². The summed E-state index contributed by atoms with van der Waals surface area (Å²) in [5, 5.41) is 11.1. The van der Waals surface area contributed by atoms with Crippen molar-refractivity contribution < 1.29 is 9.59 Å². The first-order valence-corrected chi connectivity index (χ1v) is 11.3. The first-order valence-electron chi connectivity index (χ1n) is 10.9.